The van der Waals surface area contributed by atoms with E-state index in [0.717, 1.165) is 21.2 Å². The Bertz CT molecular complexity index is 923. The maximum Gasteiger partial charge on any atom is 0.273 e. The van der Waals surface area contributed by atoms with Crippen LogP contribution in [0.4, 0.5) is 5.69 Å². The van der Waals surface area contributed by atoms with E-state index in [0.29, 0.717) is 5.69 Å². The van der Waals surface area contributed by atoms with Crippen LogP contribution in [0.2, 0.25) is 0 Å². The number of rotatable bonds is 3. The standard InChI is InChI=1S/C16H11N3OS2/c20-15(17-11-5-2-1-3-6-11)13-10-22-16-18-12(9-19(13)16)14-7-4-8-21-14/h1-10H,(H,17,20). The predicted molar refractivity (Wildman–Crippen MR) is 90.8 cm³/mol. The van der Waals surface area contributed by atoms with Crippen molar-refractivity contribution in [2.75, 3.05) is 5.32 Å². The van der Waals surface area contributed by atoms with Gasteiger partial charge in [-0.1, -0.05) is 24.3 Å². The van der Waals surface area contributed by atoms with Gasteiger partial charge in [-0.25, -0.2) is 4.98 Å². The third-order valence-corrected chi connectivity index (χ3v) is 4.98. The first-order valence-electron chi connectivity index (χ1n) is 6.68. The van der Waals surface area contributed by atoms with E-state index >= 15 is 0 Å². The molecule has 3 aromatic heterocycles. The lowest BCUT2D eigenvalue weighted by molar-refractivity contribution is 0.102. The summed E-state index contributed by atoms with van der Waals surface area (Å²) in [5.74, 6) is -0.132. The summed E-state index contributed by atoms with van der Waals surface area (Å²) in [6, 6.07) is 13.5. The number of thiophene rings is 1. The molecule has 1 aromatic carbocycles. The number of imidazole rings is 1. The summed E-state index contributed by atoms with van der Waals surface area (Å²) in [5.41, 5.74) is 2.28. The number of thiazole rings is 1. The number of benzene rings is 1. The Balaban J connectivity index is 1.68. The first-order chi connectivity index (χ1) is 10.8. The van der Waals surface area contributed by atoms with Gasteiger partial charge in [0.05, 0.1) is 4.88 Å². The van der Waals surface area contributed by atoms with E-state index in [-0.39, 0.29) is 5.91 Å². The molecule has 0 atom stereocenters. The number of carbonyl (C=O) groups excluding carboxylic acids is 1. The first kappa shape index (κ1) is 13.2. The molecule has 0 radical (unpaired) electrons. The second-order valence-corrected chi connectivity index (χ2v) is 6.48. The Morgan fingerprint density at radius 2 is 1.95 bits per heavy atom. The highest BCUT2D eigenvalue weighted by molar-refractivity contribution is 7.15. The average Bonchev–Trinajstić information content (AvgIpc) is 3.24. The highest BCUT2D eigenvalue weighted by Crippen LogP contribution is 2.27. The minimum Gasteiger partial charge on any atom is -0.321 e. The molecule has 0 saturated carbocycles. The number of nitrogens with one attached hydrogen (secondary N) is 1. The van der Waals surface area contributed by atoms with Gasteiger partial charge in [0.25, 0.3) is 5.91 Å². The van der Waals surface area contributed by atoms with Crippen LogP contribution in [-0.2, 0) is 0 Å². The molecule has 1 N–H and O–H groups in total. The maximum absolute atomic E-state index is 12.4. The Labute approximate surface area is 134 Å². The number of amides is 1. The number of para-hydroxylation sites is 1. The first-order valence-corrected chi connectivity index (χ1v) is 8.44. The predicted octanol–water partition coefficient (Wildman–Crippen LogP) is 4.38. The summed E-state index contributed by atoms with van der Waals surface area (Å²) >= 11 is 3.11. The lowest BCUT2D eigenvalue weighted by Crippen LogP contribution is -2.13. The highest BCUT2D eigenvalue weighted by atomic mass is 32.1. The monoisotopic (exact) mass is 325 g/mol. The van der Waals surface area contributed by atoms with Gasteiger partial charge in [-0.2, -0.15) is 0 Å². The van der Waals surface area contributed by atoms with Crippen LogP contribution in [0.3, 0.4) is 0 Å². The third kappa shape index (κ3) is 2.32. The molecular weight excluding hydrogens is 314 g/mol. The molecule has 4 nitrogen and oxygen atoms in total. The highest BCUT2D eigenvalue weighted by Gasteiger charge is 2.15. The van der Waals surface area contributed by atoms with Crippen LogP contribution in [0.25, 0.3) is 15.5 Å². The van der Waals surface area contributed by atoms with Crippen molar-refractivity contribution >= 4 is 39.2 Å². The molecule has 0 unspecified atom stereocenters. The number of aromatic nitrogens is 2. The normalized spacial score (nSPS) is 10.9. The molecule has 1 amide bonds. The third-order valence-electron chi connectivity index (χ3n) is 3.25. The average molecular weight is 325 g/mol. The van der Waals surface area contributed by atoms with E-state index in [9.17, 15) is 4.79 Å². The van der Waals surface area contributed by atoms with E-state index in [4.69, 9.17) is 0 Å². The van der Waals surface area contributed by atoms with Crippen molar-refractivity contribution in [1.29, 1.82) is 0 Å². The molecule has 0 saturated heterocycles. The quantitative estimate of drug-likeness (QED) is 0.608. The summed E-state index contributed by atoms with van der Waals surface area (Å²) in [4.78, 5) is 18.9. The molecule has 4 aromatic rings. The molecule has 0 fully saturated rings. The lowest BCUT2D eigenvalue weighted by Gasteiger charge is -2.03. The molecular formula is C16H11N3OS2. The number of carbonyl (C=O) groups is 1. The molecule has 22 heavy (non-hydrogen) atoms. The van der Waals surface area contributed by atoms with Crippen molar-refractivity contribution in [3.8, 4) is 10.6 Å². The van der Waals surface area contributed by atoms with Crippen LogP contribution >= 0.6 is 22.7 Å². The molecule has 4 rings (SSSR count). The molecule has 6 heteroatoms. The molecule has 0 bridgehead atoms. The van der Waals surface area contributed by atoms with Crippen LogP contribution in [0.1, 0.15) is 10.5 Å². The second-order valence-electron chi connectivity index (χ2n) is 4.70. The zero-order valence-electron chi connectivity index (χ0n) is 11.4. The smallest absolute Gasteiger partial charge is 0.273 e. The van der Waals surface area contributed by atoms with Gasteiger partial charge in [-0.15, -0.1) is 22.7 Å². The van der Waals surface area contributed by atoms with E-state index in [1.54, 1.807) is 11.3 Å². The van der Waals surface area contributed by atoms with E-state index in [2.05, 4.69) is 10.3 Å². The van der Waals surface area contributed by atoms with Crippen LogP contribution in [0, 0.1) is 0 Å². The Morgan fingerprint density at radius 1 is 1.09 bits per heavy atom. The van der Waals surface area contributed by atoms with Gasteiger partial charge < -0.3 is 5.32 Å². The van der Waals surface area contributed by atoms with E-state index < -0.39 is 0 Å². The maximum atomic E-state index is 12.4. The number of fused-ring (bicyclic) bond motifs is 1. The van der Waals surface area contributed by atoms with Crippen molar-refractivity contribution in [1.82, 2.24) is 9.38 Å². The van der Waals surface area contributed by atoms with Crippen molar-refractivity contribution in [2.24, 2.45) is 0 Å². The van der Waals surface area contributed by atoms with E-state index in [1.165, 1.54) is 11.3 Å². The second kappa shape index (κ2) is 5.40. The Kier molecular flexibility index (Phi) is 3.25. The van der Waals surface area contributed by atoms with Crippen molar-refractivity contribution in [3.63, 3.8) is 0 Å². The van der Waals surface area contributed by atoms with Gasteiger partial charge in [0, 0.05) is 17.3 Å². The zero-order chi connectivity index (χ0) is 14.9. The van der Waals surface area contributed by atoms with Crippen molar-refractivity contribution < 1.29 is 4.79 Å². The summed E-state index contributed by atoms with van der Waals surface area (Å²) in [7, 11) is 0. The zero-order valence-corrected chi connectivity index (χ0v) is 13.0. The molecule has 0 aliphatic carbocycles. The number of hydrogen-bond acceptors (Lipinski definition) is 4. The number of hydrogen-bond donors (Lipinski definition) is 1. The summed E-state index contributed by atoms with van der Waals surface area (Å²) in [5, 5.41) is 6.75. The fourth-order valence-electron chi connectivity index (χ4n) is 2.21. The van der Waals surface area contributed by atoms with Gasteiger partial charge in [-0.05, 0) is 23.6 Å². The minimum atomic E-state index is -0.132. The van der Waals surface area contributed by atoms with Gasteiger partial charge in [0.2, 0.25) is 0 Å². The van der Waals surface area contributed by atoms with Crippen LogP contribution in [0.15, 0.2) is 59.4 Å². The van der Waals surface area contributed by atoms with E-state index in [1.807, 2.05) is 63.8 Å². The molecule has 0 aliphatic rings. The van der Waals surface area contributed by atoms with Gasteiger partial charge in [-0.3, -0.25) is 9.20 Å². The Morgan fingerprint density at radius 3 is 2.73 bits per heavy atom. The fraction of sp³-hybridized carbons (Fsp3) is 0. The summed E-state index contributed by atoms with van der Waals surface area (Å²) in [6.07, 6.45) is 1.91. The van der Waals surface area contributed by atoms with Crippen LogP contribution < -0.4 is 5.32 Å². The molecule has 0 aliphatic heterocycles. The molecule has 108 valence electrons. The topological polar surface area (TPSA) is 46.4 Å². The minimum absolute atomic E-state index is 0.132. The molecule has 3 heterocycles. The van der Waals surface area contributed by atoms with Crippen molar-refractivity contribution in [2.45, 2.75) is 0 Å². The van der Waals surface area contributed by atoms with Crippen LogP contribution in [0.5, 0.6) is 0 Å². The molecule has 0 spiro atoms. The van der Waals surface area contributed by atoms with Gasteiger partial charge >= 0.3 is 0 Å². The lowest BCUT2D eigenvalue weighted by atomic mass is 10.3. The fourth-order valence-corrected chi connectivity index (χ4v) is 3.74. The number of anilines is 1. The summed E-state index contributed by atoms with van der Waals surface area (Å²) in [6.45, 7) is 0. The number of nitrogens with zero attached hydrogens (tertiary/aromatic N) is 2. The Hall–Kier alpha value is -2.44. The van der Waals surface area contributed by atoms with Gasteiger partial charge in [0.15, 0.2) is 4.96 Å². The SMILES string of the molecule is O=C(Nc1ccccc1)c1csc2nc(-c3cccs3)cn12. The summed E-state index contributed by atoms with van der Waals surface area (Å²) < 4.78 is 1.85. The van der Waals surface area contributed by atoms with Crippen LogP contribution in [-0.4, -0.2) is 15.3 Å². The van der Waals surface area contributed by atoms with Gasteiger partial charge in [0.1, 0.15) is 11.4 Å². The largest absolute Gasteiger partial charge is 0.321 e. The van der Waals surface area contributed by atoms with Crippen molar-refractivity contribution in [3.05, 3.63) is 65.1 Å².